The SMILES string of the molecule is CC1CN(CCCCCl)CC(C)O1.Cl. The van der Waals surface area contributed by atoms with Crippen LogP contribution in [0.15, 0.2) is 0 Å². The highest BCUT2D eigenvalue weighted by molar-refractivity contribution is 6.17. The number of hydrogen-bond acceptors (Lipinski definition) is 2. The lowest BCUT2D eigenvalue weighted by Crippen LogP contribution is -2.45. The monoisotopic (exact) mass is 241 g/mol. The molecule has 1 rings (SSSR count). The maximum Gasteiger partial charge on any atom is 0.0678 e. The summed E-state index contributed by atoms with van der Waals surface area (Å²) in [7, 11) is 0. The van der Waals surface area contributed by atoms with E-state index < -0.39 is 0 Å². The molecule has 0 spiro atoms. The molecule has 0 radical (unpaired) electrons. The van der Waals surface area contributed by atoms with E-state index in [9.17, 15) is 0 Å². The van der Waals surface area contributed by atoms with Crippen molar-refractivity contribution in [3.8, 4) is 0 Å². The maximum atomic E-state index is 5.65. The molecule has 86 valence electrons. The van der Waals surface area contributed by atoms with Crippen molar-refractivity contribution in [1.82, 2.24) is 4.90 Å². The summed E-state index contributed by atoms with van der Waals surface area (Å²) < 4.78 is 5.65. The Morgan fingerprint density at radius 3 is 2.29 bits per heavy atom. The number of unbranched alkanes of at least 4 members (excludes halogenated alkanes) is 1. The minimum Gasteiger partial charge on any atom is -0.373 e. The largest absolute Gasteiger partial charge is 0.373 e. The topological polar surface area (TPSA) is 12.5 Å². The van der Waals surface area contributed by atoms with Crippen LogP contribution in [0.4, 0.5) is 0 Å². The lowest BCUT2D eigenvalue weighted by atomic mass is 10.2. The van der Waals surface area contributed by atoms with Crippen LogP contribution in [0.3, 0.4) is 0 Å². The van der Waals surface area contributed by atoms with Gasteiger partial charge in [-0.1, -0.05) is 0 Å². The average molecular weight is 242 g/mol. The first-order chi connectivity index (χ1) is 6.22. The first kappa shape index (κ1) is 14.5. The molecule has 14 heavy (non-hydrogen) atoms. The second kappa shape index (κ2) is 7.75. The molecule has 1 heterocycles. The summed E-state index contributed by atoms with van der Waals surface area (Å²) in [5, 5.41) is 0. The quantitative estimate of drug-likeness (QED) is 0.555. The van der Waals surface area contributed by atoms with Gasteiger partial charge in [0.25, 0.3) is 0 Å². The van der Waals surface area contributed by atoms with Crippen molar-refractivity contribution in [3.63, 3.8) is 0 Å². The van der Waals surface area contributed by atoms with E-state index in [2.05, 4.69) is 18.7 Å². The second-order valence-electron chi connectivity index (χ2n) is 3.91. The van der Waals surface area contributed by atoms with E-state index >= 15 is 0 Å². The van der Waals surface area contributed by atoms with Crippen LogP contribution in [-0.2, 0) is 4.74 Å². The Hall–Kier alpha value is 0.500. The predicted octanol–water partition coefficient (Wildman–Crippen LogP) is 2.54. The molecule has 1 saturated heterocycles. The van der Waals surface area contributed by atoms with Crippen molar-refractivity contribution in [2.24, 2.45) is 0 Å². The zero-order valence-electron chi connectivity index (χ0n) is 9.04. The van der Waals surface area contributed by atoms with Crippen LogP contribution in [0, 0.1) is 0 Å². The van der Waals surface area contributed by atoms with Gasteiger partial charge in [0.1, 0.15) is 0 Å². The zero-order valence-corrected chi connectivity index (χ0v) is 10.6. The summed E-state index contributed by atoms with van der Waals surface area (Å²) in [6.45, 7) is 7.61. The lowest BCUT2D eigenvalue weighted by Gasteiger charge is -2.35. The Morgan fingerprint density at radius 1 is 1.21 bits per heavy atom. The van der Waals surface area contributed by atoms with Gasteiger partial charge in [-0.15, -0.1) is 24.0 Å². The Labute approximate surface area is 98.3 Å². The molecule has 0 saturated carbocycles. The molecule has 0 aromatic heterocycles. The van der Waals surface area contributed by atoms with Gasteiger partial charge in [-0.05, 0) is 33.2 Å². The zero-order chi connectivity index (χ0) is 9.68. The van der Waals surface area contributed by atoms with Gasteiger partial charge in [0.05, 0.1) is 12.2 Å². The standard InChI is InChI=1S/C10H20ClNO.ClH/c1-9-7-12(6-4-3-5-11)8-10(2)13-9;/h9-10H,3-8H2,1-2H3;1H. The lowest BCUT2D eigenvalue weighted by molar-refractivity contribution is -0.0680. The van der Waals surface area contributed by atoms with Crippen LogP contribution >= 0.6 is 24.0 Å². The molecule has 0 N–H and O–H groups in total. The van der Waals surface area contributed by atoms with Crippen LogP contribution in [0.5, 0.6) is 0 Å². The fourth-order valence-electron chi connectivity index (χ4n) is 1.90. The van der Waals surface area contributed by atoms with E-state index in [0.29, 0.717) is 12.2 Å². The molecule has 2 nitrogen and oxygen atoms in total. The number of ether oxygens (including phenoxy) is 1. The van der Waals surface area contributed by atoms with Crippen LogP contribution in [0.2, 0.25) is 0 Å². The van der Waals surface area contributed by atoms with Gasteiger partial charge < -0.3 is 4.74 Å². The fraction of sp³-hybridized carbons (Fsp3) is 1.00. The van der Waals surface area contributed by atoms with Crippen LogP contribution < -0.4 is 0 Å². The van der Waals surface area contributed by atoms with Gasteiger partial charge in [-0.3, -0.25) is 4.90 Å². The number of alkyl halides is 1. The Bertz CT molecular complexity index is 136. The van der Waals surface area contributed by atoms with E-state index in [1.54, 1.807) is 0 Å². The second-order valence-corrected chi connectivity index (χ2v) is 4.29. The summed E-state index contributed by atoms with van der Waals surface area (Å²) in [5.41, 5.74) is 0. The number of hydrogen-bond donors (Lipinski definition) is 0. The Kier molecular flexibility index (Phi) is 8.02. The van der Waals surface area contributed by atoms with E-state index in [4.69, 9.17) is 16.3 Å². The first-order valence-corrected chi connectivity index (χ1v) is 5.69. The maximum absolute atomic E-state index is 5.65. The van der Waals surface area contributed by atoms with Crippen LogP contribution in [0.1, 0.15) is 26.7 Å². The molecule has 1 aliphatic rings. The highest BCUT2D eigenvalue weighted by atomic mass is 35.5. The van der Waals surface area contributed by atoms with Crippen molar-refractivity contribution in [3.05, 3.63) is 0 Å². The predicted molar refractivity (Wildman–Crippen MR) is 63.7 cm³/mol. The van der Waals surface area contributed by atoms with Gasteiger partial charge in [0.15, 0.2) is 0 Å². The van der Waals surface area contributed by atoms with Gasteiger partial charge >= 0.3 is 0 Å². The third kappa shape index (κ3) is 5.40. The molecule has 0 aromatic carbocycles. The summed E-state index contributed by atoms with van der Waals surface area (Å²) in [6, 6.07) is 0. The molecule has 0 bridgehead atoms. The third-order valence-electron chi connectivity index (χ3n) is 2.35. The molecular weight excluding hydrogens is 221 g/mol. The van der Waals surface area contributed by atoms with Crippen molar-refractivity contribution in [1.29, 1.82) is 0 Å². The first-order valence-electron chi connectivity index (χ1n) is 5.16. The number of halogens is 2. The summed E-state index contributed by atoms with van der Waals surface area (Å²) in [6.07, 6.45) is 3.12. The van der Waals surface area contributed by atoms with E-state index in [-0.39, 0.29) is 12.4 Å². The number of rotatable bonds is 4. The normalized spacial score (nSPS) is 28.5. The minimum atomic E-state index is 0. The molecule has 1 aliphatic heterocycles. The molecule has 0 aromatic rings. The molecule has 1 fully saturated rings. The fourth-order valence-corrected chi connectivity index (χ4v) is 2.09. The molecule has 2 atom stereocenters. The third-order valence-corrected chi connectivity index (χ3v) is 2.62. The Morgan fingerprint density at radius 2 is 1.79 bits per heavy atom. The summed E-state index contributed by atoms with van der Waals surface area (Å²) >= 11 is 5.63. The molecule has 2 unspecified atom stereocenters. The van der Waals surface area contributed by atoms with Gasteiger partial charge in [0, 0.05) is 19.0 Å². The van der Waals surface area contributed by atoms with Gasteiger partial charge in [-0.25, -0.2) is 0 Å². The molecule has 0 aliphatic carbocycles. The van der Waals surface area contributed by atoms with Crippen molar-refractivity contribution < 1.29 is 4.74 Å². The number of morpholine rings is 1. The van der Waals surface area contributed by atoms with Crippen molar-refractivity contribution >= 4 is 24.0 Å². The minimum absolute atomic E-state index is 0. The Balaban J connectivity index is 0.00000169. The highest BCUT2D eigenvalue weighted by Gasteiger charge is 2.21. The summed E-state index contributed by atoms with van der Waals surface area (Å²) in [5.74, 6) is 0.787. The average Bonchev–Trinajstić information content (AvgIpc) is 2.03. The smallest absolute Gasteiger partial charge is 0.0678 e. The van der Waals surface area contributed by atoms with Crippen LogP contribution in [0.25, 0.3) is 0 Å². The number of nitrogens with zero attached hydrogens (tertiary/aromatic N) is 1. The highest BCUT2D eigenvalue weighted by Crippen LogP contribution is 2.11. The van der Waals surface area contributed by atoms with Gasteiger partial charge in [-0.2, -0.15) is 0 Å². The van der Waals surface area contributed by atoms with E-state index in [1.807, 2.05) is 0 Å². The van der Waals surface area contributed by atoms with E-state index in [1.165, 1.54) is 13.0 Å². The molecule has 4 heteroatoms. The van der Waals surface area contributed by atoms with Crippen molar-refractivity contribution in [2.75, 3.05) is 25.5 Å². The van der Waals surface area contributed by atoms with E-state index in [0.717, 1.165) is 25.4 Å². The summed E-state index contributed by atoms with van der Waals surface area (Å²) in [4.78, 5) is 2.48. The molecule has 0 amide bonds. The molecular formula is C10H21Cl2NO. The van der Waals surface area contributed by atoms with Gasteiger partial charge in [0.2, 0.25) is 0 Å². The van der Waals surface area contributed by atoms with Crippen molar-refractivity contribution in [2.45, 2.75) is 38.9 Å². The van der Waals surface area contributed by atoms with Crippen LogP contribution in [-0.4, -0.2) is 42.6 Å².